The molecule has 0 aliphatic rings. The Balaban J connectivity index is 3.35. The Labute approximate surface area is 45.3 Å². The van der Waals surface area contributed by atoms with Crippen LogP contribution >= 0.6 is 0 Å². The summed E-state index contributed by atoms with van der Waals surface area (Å²) in [5.41, 5.74) is 0.222. The Morgan fingerprint density at radius 3 is 2.62 bits per heavy atom. The van der Waals surface area contributed by atoms with E-state index in [-0.39, 0.29) is 5.56 Å². The first-order valence-electron chi connectivity index (χ1n) is 2.18. The van der Waals surface area contributed by atoms with E-state index in [1.165, 1.54) is 6.07 Å². The van der Waals surface area contributed by atoms with Crippen LogP contribution in [0.5, 0.6) is 0 Å². The quantitative estimate of drug-likeness (QED) is 0.456. The molecule has 0 aliphatic carbocycles. The minimum absolute atomic E-state index is 0.287. The van der Waals surface area contributed by atoms with E-state index in [2.05, 4.69) is 5.10 Å². The lowest BCUT2D eigenvalue weighted by Gasteiger charge is -1.87. The number of aryl methyl sites for hydroxylation is 1. The molecule has 0 amide bonds. The second-order valence-corrected chi connectivity index (χ2v) is 1.57. The molecule has 1 heterocycles. The predicted octanol–water partition coefficient (Wildman–Crippen LogP) is -0.278. The fourth-order valence-corrected chi connectivity index (χ4v) is 0.476. The standard InChI is InChI=1S/C4H6N2O2/c1-3-2-4(7)5-6(3)8/h2,8H,1H3,(H,5,7). The van der Waals surface area contributed by atoms with Crippen molar-refractivity contribution in [1.29, 1.82) is 0 Å². The molecule has 44 valence electrons. The minimum atomic E-state index is -0.287. The third kappa shape index (κ3) is 0.598. The summed E-state index contributed by atoms with van der Waals surface area (Å²) in [6.07, 6.45) is 0. The molecule has 4 nitrogen and oxygen atoms in total. The van der Waals surface area contributed by atoms with Gasteiger partial charge in [0.25, 0.3) is 5.56 Å². The van der Waals surface area contributed by atoms with Crippen LogP contribution in [0.3, 0.4) is 0 Å². The zero-order valence-corrected chi connectivity index (χ0v) is 4.38. The molecule has 0 aromatic carbocycles. The highest BCUT2D eigenvalue weighted by Crippen LogP contribution is 1.83. The Morgan fingerprint density at radius 2 is 2.50 bits per heavy atom. The van der Waals surface area contributed by atoms with E-state index in [4.69, 9.17) is 5.21 Å². The van der Waals surface area contributed by atoms with Crippen LogP contribution in [0, 0.1) is 6.92 Å². The second kappa shape index (κ2) is 1.40. The predicted molar refractivity (Wildman–Crippen MR) is 27.0 cm³/mol. The van der Waals surface area contributed by atoms with Crippen LogP contribution in [0.2, 0.25) is 0 Å². The van der Waals surface area contributed by atoms with Crippen molar-refractivity contribution in [3.05, 3.63) is 22.1 Å². The molecule has 0 bridgehead atoms. The molecule has 0 saturated heterocycles. The van der Waals surface area contributed by atoms with Gasteiger partial charge in [-0.15, -0.1) is 4.85 Å². The van der Waals surface area contributed by atoms with Crippen molar-refractivity contribution >= 4 is 0 Å². The zero-order chi connectivity index (χ0) is 6.15. The topological polar surface area (TPSA) is 58.0 Å². The molecule has 0 aliphatic heterocycles. The lowest BCUT2D eigenvalue weighted by Crippen LogP contribution is -2.01. The van der Waals surface area contributed by atoms with E-state index < -0.39 is 0 Å². The number of rotatable bonds is 0. The molecule has 1 aromatic rings. The number of H-pyrrole nitrogens is 1. The fourth-order valence-electron chi connectivity index (χ4n) is 0.476. The maximum absolute atomic E-state index is 10.3. The molecule has 0 radical (unpaired) electrons. The molecule has 1 rings (SSSR count). The summed E-state index contributed by atoms with van der Waals surface area (Å²) in [5, 5.41) is 10.7. The molecular weight excluding hydrogens is 108 g/mol. The van der Waals surface area contributed by atoms with Gasteiger partial charge in [0.2, 0.25) is 0 Å². The lowest BCUT2D eigenvalue weighted by atomic mass is 10.5. The number of aromatic amines is 1. The molecule has 0 atom stereocenters. The van der Waals surface area contributed by atoms with Crippen LogP contribution in [0.15, 0.2) is 10.9 Å². The van der Waals surface area contributed by atoms with Crippen LogP contribution < -0.4 is 5.56 Å². The highest BCUT2D eigenvalue weighted by atomic mass is 16.5. The van der Waals surface area contributed by atoms with E-state index in [9.17, 15) is 4.79 Å². The van der Waals surface area contributed by atoms with Crippen molar-refractivity contribution in [2.24, 2.45) is 0 Å². The summed E-state index contributed by atoms with van der Waals surface area (Å²) < 4.78 is 0. The van der Waals surface area contributed by atoms with E-state index in [0.717, 1.165) is 0 Å². The summed E-state index contributed by atoms with van der Waals surface area (Å²) >= 11 is 0. The first-order chi connectivity index (χ1) is 3.70. The largest absolute Gasteiger partial charge is 0.413 e. The summed E-state index contributed by atoms with van der Waals surface area (Å²) in [7, 11) is 0. The number of nitrogens with zero attached hydrogens (tertiary/aromatic N) is 1. The third-order valence-corrected chi connectivity index (χ3v) is 0.890. The van der Waals surface area contributed by atoms with Crippen LogP contribution in [-0.2, 0) is 0 Å². The van der Waals surface area contributed by atoms with Crippen molar-refractivity contribution in [3.63, 3.8) is 0 Å². The van der Waals surface area contributed by atoms with Gasteiger partial charge >= 0.3 is 0 Å². The van der Waals surface area contributed by atoms with Crippen LogP contribution in [0.1, 0.15) is 5.69 Å². The van der Waals surface area contributed by atoms with Crippen molar-refractivity contribution in [2.75, 3.05) is 0 Å². The SMILES string of the molecule is Cc1cc(=O)[nH]n1O. The number of nitrogens with one attached hydrogen (secondary N) is 1. The molecular formula is C4H6N2O2. The zero-order valence-electron chi connectivity index (χ0n) is 4.38. The summed E-state index contributed by atoms with van der Waals surface area (Å²) in [4.78, 5) is 11.0. The van der Waals surface area contributed by atoms with Crippen LogP contribution in [-0.4, -0.2) is 15.2 Å². The Hall–Kier alpha value is -1.19. The lowest BCUT2D eigenvalue weighted by molar-refractivity contribution is 0.141. The average Bonchev–Trinajstić information content (AvgIpc) is 1.85. The summed E-state index contributed by atoms with van der Waals surface area (Å²) in [6, 6.07) is 1.31. The molecule has 2 N–H and O–H groups in total. The normalized spacial score (nSPS) is 9.62. The third-order valence-electron chi connectivity index (χ3n) is 0.890. The molecule has 4 heteroatoms. The van der Waals surface area contributed by atoms with Crippen molar-refractivity contribution < 1.29 is 5.21 Å². The van der Waals surface area contributed by atoms with Crippen LogP contribution in [0.25, 0.3) is 0 Å². The van der Waals surface area contributed by atoms with Gasteiger partial charge < -0.3 is 5.21 Å². The minimum Gasteiger partial charge on any atom is -0.413 e. The van der Waals surface area contributed by atoms with Crippen molar-refractivity contribution in [1.82, 2.24) is 9.94 Å². The first kappa shape index (κ1) is 4.96. The Kier molecular flexibility index (Phi) is 0.865. The van der Waals surface area contributed by atoms with Gasteiger partial charge in [0.15, 0.2) is 0 Å². The maximum Gasteiger partial charge on any atom is 0.267 e. The van der Waals surface area contributed by atoms with E-state index in [1.54, 1.807) is 6.92 Å². The summed E-state index contributed by atoms with van der Waals surface area (Å²) in [5.74, 6) is 0. The summed E-state index contributed by atoms with van der Waals surface area (Å²) in [6.45, 7) is 1.62. The molecule has 0 spiro atoms. The molecule has 8 heavy (non-hydrogen) atoms. The number of hydrogen-bond acceptors (Lipinski definition) is 2. The van der Waals surface area contributed by atoms with Gasteiger partial charge in [-0.1, -0.05) is 0 Å². The Bertz CT molecular complexity index is 212. The molecule has 1 aromatic heterocycles. The van der Waals surface area contributed by atoms with Crippen LogP contribution in [0.4, 0.5) is 0 Å². The van der Waals surface area contributed by atoms with Crippen molar-refractivity contribution in [3.8, 4) is 0 Å². The van der Waals surface area contributed by atoms with Gasteiger partial charge in [-0.05, 0) is 6.92 Å². The first-order valence-corrected chi connectivity index (χ1v) is 2.18. The van der Waals surface area contributed by atoms with E-state index in [0.29, 0.717) is 10.5 Å². The average molecular weight is 114 g/mol. The smallest absolute Gasteiger partial charge is 0.267 e. The van der Waals surface area contributed by atoms with Crippen molar-refractivity contribution in [2.45, 2.75) is 6.92 Å². The van der Waals surface area contributed by atoms with E-state index >= 15 is 0 Å². The van der Waals surface area contributed by atoms with E-state index in [1.807, 2.05) is 0 Å². The molecule has 0 saturated carbocycles. The fraction of sp³-hybridized carbons (Fsp3) is 0.250. The highest BCUT2D eigenvalue weighted by molar-refractivity contribution is 4.94. The molecule has 0 fully saturated rings. The number of hydrogen-bond donors (Lipinski definition) is 2. The monoisotopic (exact) mass is 114 g/mol. The van der Waals surface area contributed by atoms with Gasteiger partial charge in [-0.2, -0.15) is 0 Å². The number of aromatic nitrogens is 2. The van der Waals surface area contributed by atoms with Gasteiger partial charge in [-0.25, -0.2) is 5.10 Å². The maximum atomic E-state index is 10.3. The van der Waals surface area contributed by atoms with Gasteiger partial charge in [0.05, 0.1) is 5.69 Å². The van der Waals surface area contributed by atoms with Gasteiger partial charge in [0, 0.05) is 6.07 Å². The highest BCUT2D eigenvalue weighted by Gasteiger charge is 1.92. The van der Waals surface area contributed by atoms with Gasteiger partial charge in [0.1, 0.15) is 0 Å². The second-order valence-electron chi connectivity index (χ2n) is 1.57. The Morgan fingerprint density at radius 1 is 1.88 bits per heavy atom. The molecule has 0 unspecified atom stereocenters. The van der Waals surface area contributed by atoms with Gasteiger partial charge in [-0.3, -0.25) is 4.79 Å².